The second kappa shape index (κ2) is 6.30. The van der Waals surface area contributed by atoms with Gasteiger partial charge in [-0.3, -0.25) is 0 Å². The molecule has 1 atom stereocenters. The molecule has 7 heteroatoms. The summed E-state index contributed by atoms with van der Waals surface area (Å²) in [6.07, 6.45) is -5.10. The Morgan fingerprint density at radius 1 is 1.24 bits per heavy atom. The number of ether oxygens (including phenoxy) is 1. The number of hydrogen-bond acceptors (Lipinski definition) is 3. The molecule has 0 bridgehead atoms. The van der Waals surface area contributed by atoms with Crippen LogP contribution in [0.25, 0.3) is 0 Å². The Labute approximate surface area is 138 Å². The Morgan fingerprint density at radius 3 is 2.00 bits per heavy atom. The van der Waals surface area contributed by atoms with Gasteiger partial charge in [-0.25, -0.2) is 0 Å². The number of halogens is 3. The van der Waals surface area contributed by atoms with Crippen molar-refractivity contribution in [3.63, 3.8) is 0 Å². The standard InChI is InChI=1S/C10H9F3O3.K/c1-16-9(8(14)15,10(11,12)13)7-5-3-2-4-6-7;/h2-6H,1H3,(H,14,15);/q;+1/p-1/t9-;/m0./s1. The molecule has 3 nitrogen and oxygen atoms in total. The first-order valence-electron chi connectivity index (χ1n) is 4.25. The van der Waals surface area contributed by atoms with Crippen LogP contribution in [0.15, 0.2) is 30.3 Å². The molecule has 0 aliphatic carbocycles. The molecule has 1 rings (SSSR count). The first kappa shape index (κ1) is 17.1. The third-order valence-electron chi connectivity index (χ3n) is 2.17. The van der Waals surface area contributed by atoms with Gasteiger partial charge in [-0.15, -0.1) is 0 Å². The van der Waals surface area contributed by atoms with Crippen LogP contribution in [0.2, 0.25) is 0 Å². The van der Waals surface area contributed by atoms with Crippen molar-refractivity contribution in [2.75, 3.05) is 7.11 Å². The fourth-order valence-electron chi connectivity index (χ4n) is 1.39. The molecule has 0 saturated carbocycles. The molecule has 0 unspecified atom stereocenters. The second-order valence-corrected chi connectivity index (χ2v) is 3.04. The summed E-state index contributed by atoms with van der Waals surface area (Å²) in [7, 11) is 0.677. The number of aliphatic carboxylic acids is 1. The average molecular weight is 272 g/mol. The van der Waals surface area contributed by atoms with Crippen LogP contribution < -0.4 is 56.5 Å². The van der Waals surface area contributed by atoms with Gasteiger partial charge in [0.15, 0.2) is 0 Å². The predicted molar refractivity (Wildman–Crippen MR) is 46.2 cm³/mol. The van der Waals surface area contributed by atoms with Gasteiger partial charge in [-0.1, -0.05) is 30.3 Å². The second-order valence-electron chi connectivity index (χ2n) is 3.04. The van der Waals surface area contributed by atoms with Crippen molar-refractivity contribution in [2.45, 2.75) is 11.8 Å². The zero-order valence-electron chi connectivity index (χ0n) is 9.25. The van der Waals surface area contributed by atoms with Gasteiger partial charge in [0, 0.05) is 7.11 Å². The van der Waals surface area contributed by atoms with Crippen molar-refractivity contribution in [2.24, 2.45) is 0 Å². The van der Waals surface area contributed by atoms with E-state index in [0.29, 0.717) is 7.11 Å². The summed E-state index contributed by atoms with van der Waals surface area (Å²) in [5.41, 5.74) is -3.95. The van der Waals surface area contributed by atoms with Gasteiger partial charge in [0.1, 0.15) is 0 Å². The minimum atomic E-state index is -5.10. The molecule has 0 spiro atoms. The average Bonchev–Trinajstić information content (AvgIpc) is 2.18. The Bertz CT molecular complexity index is 380. The monoisotopic (exact) mass is 272 g/mol. The summed E-state index contributed by atoms with van der Waals surface area (Å²) in [4.78, 5) is 10.7. The van der Waals surface area contributed by atoms with Gasteiger partial charge in [0.05, 0.1) is 5.97 Å². The molecule has 0 radical (unpaired) electrons. The van der Waals surface area contributed by atoms with E-state index >= 15 is 0 Å². The van der Waals surface area contributed by atoms with E-state index in [4.69, 9.17) is 0 Å². The van der Waals surface area contributed by atoms with E-state index in [1.807, 2.05) is 0 Å². The molecular formula is C10H8F3KO3. The van der Waals surface area contributed by atoms with Gasteiger partial charge in [-0.05, 0) is 5.56 Å². The van der Waals surface area contributed by atoms with Crippen LogP contribution in [-0.2, 0) is 15.1 Å². The van der Waals surface area contributed by atoms with E-state index in [-0.39, 0.29) is 51.4 Å². The number of hydrogen-bond donors (Lipinski definition) is 0. The van der Waals surface area contributed by atoms with Crippen molar-refractivity contribution < 1.29 is 79.2 Å². The molecule has 0 N–H and O–H groups in total. The molecule has 0 saturated heterocycles. The molecule has 17 heavy (non-hydrogen) atoms. The number of rotatable bonds is 3. The minimum Gasteiger partial charge on any atom is -0.546 e. The van der Waals surface area contributed by atoms with Gasteiger partial charge in [0.2, 0.25) is 5.60 Å². The molecule has 0 heterocycles. The molecule has 0 aromatic heterocycles. The first-order valence-corrected chi connectivity index (χ1v) is 4.25. The number of carboxylic acids is 1. The maximum Gasteiger partial charge on any atom is 1.00 e. The molecule has 0 aliphatic rings. The number of carbonyl (C=O) groups is 1. The van der Waals surface area contributed by atoms with Gasteiger partial charge >= 0.3 is 57.6 Å². The van der Waals surface area contributed by atoms with Gasteiger partial charge < -0.3 is 14.6 Å². The Balaban J connectivity index is 0.00000256. The summed E-state index contributed by atoms with van der Waals surface area (Å²) < 4.78 is 42.5. The van der Waals surface area contributed by atoms with Crippen LogP contribution in [-0.4, -0.2) is 19.3 Å². The zero-order chi connectivity index (χ0) is 12.4. The van der Waals surface area contributed by atoms with Crippen LogP contribution in [0.1, 0.15) is 5.56 Å². The topological polar surface area (TPSA) is 49.4 Å². The van der Waals surface area contributed by atoms with Gasteiger partial charge in [0.25, 0.3) is 0 Å². The fraction of sp³-hybridized carbons (Fsp3) is 0.300. The van der Waals surface area contributed by atoms with Gasteiger partial charge in [-0.2, -0.15) is 13.2 Å². The normalized spacial score (nSPS) is 14.6. The van der Waals surface area contributed by atoms with E-state index in [1.54, 1.807) is 0 Å². The van der Waals surface area contributed by atoms with Crippen LogP contribution in [0.3, 0.4) is 0 Å². The Kier molecular flexibility index (Phi) is 6.33. The molecule has 0 fully saturated rings. The molecule has 0 amide bonds. The molecule has 1 aromatic carbocycles. The number of alkyl halides is 3. The van der Waals surface area contributed by atoms with Crippen molar-refractivity contribution in [1.82, 2.24) is 0 Å². The molecular weight excluding hydrogens is 264 g/mol. The Hall–Kier alpha value is 0.0764. The van der Waals surface area contributed by atoms with Crippen LogP contribution in [0.5, 0.6) is 0 Å². The predicted octanol–water partition coefficient (Wildman–Crippen LogP) is -2.16. The maximum atomic E-state index is 12.8. The zero-order valence-corrected chi connectivity index (χ0v) is 12.4. The molecule has 88 valence electrons. The minimum absolute atomic E-state index is 0. The SMILES string of the molecule is CO[C@](C(=O)[O-])(c1ccccc1)C(F)(F)F.[K+]. The van der Waals surface area contributed by atoms with E-state index in [9.17, 15) is 23.1 Å². The van der Waals surface area contributed by atoms with Crippen molar-refractivity contribution in [1.29, 1.82) is 0 Å². The molecule has 1 aromatic rings. The quantitative estimate of drug-likeness (QED) is 0.589. The maximum absolute atomic E-state index is 12.8. The summed E-state index contributed by atoms with van der Waals surface area (Å²) in [6, 6.07) is 6.09. The smallest absolute Gasteiger partial charge is 0.546 e. The van der Waals surface area contributed by atoms with Crippen LogP contribution in [0.4, 0.5) is 13.2 Å². The number of methoxy groups -OCH3 is 1. The van der Waals surface area contributed by atoms with Crippen LogP contribution >= 0.6 is 0 Å². The number of carbonyl (C=O) groups excluding carboxylic acids is 1. The number of benzene rings is 1. The van der Waals surface area contributed by atoms with Crippen LogP contribution in [0, 0.1) is 0 Å². The molecule has 0 aliphatic heterocycles. The van der Waals surface area contributed by atoms with E-state index in [1.165, 1.54) is 18.2 Å². The van der Waals surface area contributed by atoms with Crippen molar-refractivity contribution >= 4 is 5.97 Å². The third-order valence-corrected chi connectivity index (χ3v) is 2.17. The third kappa shape index (κ3) is 3.10. The summed E-state index contributed by atoms with van der Waals surface area (Å²) in [6.45, 7) is 0. The van der Waals surface area contributed by atoms with Crippen molar-refractivity contribution in [3.05, 3.63) is 35.9 Å². The largest absolute Gasteiger partial charge is 1.00 e. The first-order chi connectivity index (χ1) is 7.36. The van der Waals surface area contributed by atoms with E-state index in [0.717, 1.165) is 12.1 Å². The Morgan fingerprint density at radius 2 is 1.71 bits per heavy atom. The number of carboxylic acid groups (broad SMARTS) is 1. The summed E-state index contributed by atoms with van der Waals surface area (Å²) >= 11 is 0. The van der Waals surface area contributed by atoms with Crippen molar-refractivity contribution in [3.8, 4) is 0 Å². The fourth-order valence-corrected chi connectivity index (χ4v) is 1.39. The summed E-state index contributed by atoms with van der Waals surface area (Å²) in [5, 5.41) is 10.7. The van der Waals surface area contributed by atoms with E-state index in [2.05, 4.69) is 4.74 Å². The van der Waals surface area contributed by atoms with E-state index < -0.39 is 23.3 Å². The summed E-state index contributed by atoms with van der Waals surface area (Å²) in [5.74, 6) is -2.34.